The van der Waals surface area contributed by atoms with Crippen molar-refractivity contribution >= 4 is 5.91 Å². The van der Waals surface area contributed by atoms with Crippen molar-refractivity contribution in [2.45, 2.75) is 38.0 Å². The molecule has 1 amide bonds. The smallest absolute Gasteiger partial charge is 0.256 e. The van der Waals surface area contributed by atoms with E-state index in [1.54, 1.807) is 7.11 Å². The fraction of sp³-hybridized carbons (Fsp3) is 0.412. The lowest BCUT2D eigenvalue weighted by Crippen LogP contribution is -2.50. The molecule has 2 aromatic rings. The maximum Gasteiger partial charge on any atom is 0.256 e. The standard InChI is InChI=1S/C17H21N3O2/c1-17(22-2,13-6-4-3-5-7-13)16(21)19-14-8-9-15-18-10-11-20(15)12-14/h3-7,10-11,14H,8-9,12H2,1-2H3,(H,19,21)/t14-,17-/m0/s1. The zero-order chi connectivity index (χ0) is 15.6. The fourth-order valence-corrected chi connectivity index (χ4v) is 2.91. The van der Waals surface area contributed by atoms with Crippen LogP contribution >= 0.6 is 0 Å². The van der Waals surface area contributed by atoms with Crippen molar-refractivity contribution in [2.24, 2.45) is 0 Å². The first-order valence-corrected chi connectivity index (χ1v) is 7.55. The van der Waals surface area contributed by atoms with Gasteiger partial charge in [-0.2, -0.15) is 0 Å². The number of carbonyl (C=O) groups excluding carboxylic acids is 1. The van der Waals surface area contributed by atoms with E-state index in [4.69, 9.17) is 4.74 Å². The molecule has 1 aromatic heterocycles. The number of hydrogen-bond donors (Lipinski definition) is 1. The zero-order valence-corrected chi connectivity index (χ0v) is 13.0. The number of fused-ring (bicyclic) bond motifs is 1. The highest BCUT2D eigenvalue weighted by Gasteiger charge is 2.36. The Hall–Kier alpha value is -2.14. The zero-order valence-electron chi connectivity index (χ0n) is 13.0. The molecule has 22 heavy (non-hydrogen) atoms. The normalized spacial score (nSPS) is 20.0. The Labute approximate surface area is 130 Å². The average Bonchev–Trinajstić information content (AvgIpc) is 3.02. The van der Waals surface area contributed by atoms with Crippen LogP contribution in [-0.2, 0) is 28.1 Å². The molecule has 0 spiro atoms. The van der Waals surface area contributed by atoms with E-state index in [1.165, 1.54) is 0 Å². The molecule has 116 valence electrons. The molecule has 3 rings (SSSR count). The summed E-state index contributed by atoms with van der Waals surface area (Å²) in [5.41, 5.74) is -0.120. The Kier molecular flexibility index (Phi) is 3.98. The minimum absolute atomic E-state index is 0.102. The van der Waals surface area contributed by atoms with Crippen molar-refractivity contribution < 1.29 is 9.53 Å². The Morgan fingerprint density at radius 2 is 2.18 bits per heavy atom. The number of rotatable bonds is 4. The van der Waals surface area contributed by atoms with Gasteiger partial charge in [0.15, 0.2) is 5.60 Å². The summed E-state index contributed by atoms with van der Waals surface area (Å²) in [6, 6.07) is 9.69. The average molecular weight is 299 g/mol. The minimum atomic E-state index is -0.976. The van der Waals surface area contributed by atoms with Gasteiger partial charge < -0.3 is 14.6 Å². The summed E-state index contributed by atoms with van der Waals surface area (Å²) < 4.78 is 7.65. The molecule has 0 saturated carbocycles. The number of amides is 1. The number of benzene rings is 1. The number of hydrogen-bond acceptors (Lipinski definition) is 3. The third kappa shape index (κ3) is 2.64. The highest BCUT2D eigenvalue weighted by Crippen LogP contribution is 2.25. The molecule has 1 aromatic carbocycles. The van der Waals surface area contributed by atoms with Crippen LogP contribution in [0.25, 0.3) is 0 Å². The molecule has 0 saturated heterocycles. The Bertz CT molecular complexity index is 653. The molecule has 1 aliphatic rings. The fourth-order valence-electron chi connectivity index (χ4n) is 2.91. The molecular formula is C17H21N3O2. The lowest BCUT2D eigenvalue weighted by molar-refractivity contribution is -0.143. The van der Waals surface area contributed by atoms with E-state index in [0.29, 0.717) is 0 Å². The van der Waals surface area contributed by atoms with Gasteiger partial charge in [0.1, 0.15) is 5.82 Å². The summed E-state index contributed by atoms with van der Waals surface area (Å²) >= 11 is 0. The van der Waals surface area contributed by atoms with Gasteiger partial charge in [0.2, 0.25) is 0 Å². The number of nitrogens with one attached hydrogen (secondary N) is 1. The van der Waals surface area contributed by atoms with Gasteiger partial charge in [-0.3, -0.25) is 4.79 Å². The number of nitrogens with zero attached hydrogens (tertiary/aromatic N) is 2. The molecule has 0 bridgehead atoms. The monoisotopic (exact) mass is 299 g/mol. The quantitative estimate of drug-likeness (QED) is 0.938. The second kappa shape index (κ2) is 5.93. The van der Waals surface area contributed by atoms with Crippen LogP contribution < -0.4 is 5.32 Å². The van der Waals surface area contributed by atoms with Gasteiger partial charge in [-0.1, -0.05) is 30.3 Å². The lowest BCUT2D eigenvalue weighted by atomic mass is 9.94. The highest BCUT2D eigenvalue weighted by molar-refractivity contribution is 5.86. The molecule has 0 fully saturated rings. The molecule has 2 atom stereocenters. The van der Waals surface area contributed by atoms with E-state index in [1.807, 2.05) is 49.6 Å². The summed E-state index contributed by atoms with van der Waals surface area (Å²) in [6.07, 6.45) is 5.55. The molecule has 1 N–H and O–H groups in total. The predicted octanol–water partition coefficient (Wildman–Crippen LogP) is 1.88. The first-order valence-electron chi connectivity index (χ1n) is 7.55. The van der Waals surface area contributed by atoms with E-state index < -0.39 is 5.60 Å². The van der Waals surface area contributed by atoms with Crippen LogP contribution in [0.1, 0.15) is 24.7 Å². The largest absolute Gasteiger partial charge is 0.364 e. The first kappa shape index (κ1) is 14.8. The minimum Gasteiger partial charge on any atom is -0.364 e. The summed E-state index contributed by atoms with van der Waals surface area (Å²) in [5, 5.41) is 3.13. The maximum absolute atomic E-state index is 12.8. The van der Waals surface area contributed by atoms with Crippen LogP contribution in [0.3, 0.4) is 0 Å². The van der Waals surface area contributed by atoms with Crippen LogP contribution in [0, 0.1) is 0 Å². The SMILES string of the molecule is CO[C@](C)(C(=O)N[C@H]1CCc2nccn2C1)c1ccccc1. The summed E-state index contributed by atoms with van der Waals surface area (Å²) in [6.45, 7) is 2.57. The predicted molar refractivity (Wildman–Crippen MR) is 83.3 cm³/mol. The molecule has 0 radical (unpaired) electrons. The molecule has 0 aliphatic carbocycles. The molecular weight excluding hydrogens is 278 g/mol. The van der Waals surface area contributed by atoms with Gasteiger partial charge >= 0.3 is 0 Å². The lowest BCUT2D eigenvalue weighted by Gasteiger charge is -2.31. The summed E-state index contributed by atoms with van der Waals surface area (Å²) in [4.78, 5) is 17.1. The van der Waals surface area contributed by atoms with Crippen molar-refractivity contribution in [2.75, 3.05) is 7.11 Å². The first-order chi connectivity index (χ1) is 10.6. The third-order valence-electron chi connectivity index (χ3n) is 4.44. The van der Waals surface area contributed by atoms with Crippen molar-refractivity contribution in [1.82, 2.24) is 14.9 Å². The number of carbonyl (C=O) groups is 1. The van der Waals surface area contributed by atoms with Crippen LogP contribution in [0.5, 0.6) is 0 Å². The van der Waals surface area contributed by atoms with Crippen molar-refractivity contribution in [3.05, 3.63) is 54.1 Å². The molecule has 2 heterocycles. The van der Waals surface area contributed by atoms with E-state index in [9.17, 15) is 4.79 Å². The Morgan fingerprint density at radius 1 is 1.41 bits per heavy atom. The van der Waals surface area contributed by atoms with E-state index in [-0.39, 0.29) is 11.9 Å². The van der Waals surface area contributed by atoms with Gasteiger partial charge in [0.05, 0.1) is 0 Å². The van der Waals surface area contributed by atoms with Crippen LogP contribution in [0.4, 0.5) is 0 Å². The number of methoxy groups -OCH3 is 1. The molecule has 0 unspecified atom stereocenters. The van der Waals surface area contributed by atoms with E-state index in [0.717, 1.165) is 30.8 Å². The van der Waals surface area contributed by atoms with Crippen molar-refractivity contribution in [1.29, 1.82) is 0 Å². The summed E-state index contributed by atoms with van der Waals surface area (Å²) in [5.74, 6) is 0.984. The molecule has 5 heteroatoms. The van der Waals surface area contributed by atoms with Crippen molar-refractivity contribution in [3.63, 3.8) is 0 Å². The topological polar surface area (TPSA) is 56.1 Å². The van der Waals surface area contributed by atoms with Gasteiger partial charge in [-0.05, 0) is 18.9 Å². The number of aromatic nitrogens is 2. The maximum atomic E-state index is 12.8. The number of aryl methyl sites for hydroxylation is 1. The molecule has 1 aliphatic heterocycles. The second-order valence-electron chi connectivity index (χ2n) is 5.81. The highest BCUT2D eigenvalue weighted by atomic mass is 16.5. The Balaban J connectivity index is 1.73. The third-order valence-corrected chi connectivity index (χ3v) is 4.44. The van der Waals surface area contributed by atoms with Gasteiger partial charge in [0.25, 0.3) is 5.91 Å². The van der Waals surface area contributed by atoms with Crippen LogP contribution in [-0.4, -0.2) is 28.6 Å². The Morgan fingerprint density at radius 3 is 2.91 bits per heavy atom. The van der Waals surface area contributed by atoms with Gasteiger partial charge in [-0.15, -0.1) is 0 Å². The van der Waals surface area contributed by atoms with E-state index >= 15 is 0 Å². The van der Waals surface area contributed by atoms with Crippen LogP contribution in [0.15, 0.2) is 42.7 Å². The van der Waals surface area contributed by atoms with Crippen LogP contribution in [0.2, 0.25) is 0 Å². The van der Waals surface area contributed by atoms with Gasteiger partial charge in [0, 0.05) is 38.5 Å². The number of ether oxygens (including phenoxy) is 1. The second-order valence-corrected chi connectivity index (χ2v) is 5.81. The van der Waals surface area contributed by atoms with Crippen molar-refractivity contribution in [3.8, 4) is 0 Å². The van der Waals surface area contributed by atoms with Gasteiger partial charge in [-0.25, -0.2) is 4.98 Å². The summed E-state index contributed by atoms with van der Waals surface area (Å²) in [7, 11) is 1.57. The number of imidazole rings is 1. The van der Waals surface area contributed by atoms with E-state index in [2.05, 4.69) is 14.9 Å². The molecule has 5 nitrogen and oxygen atoms in total.